The van der Waals surface area contributed by atoms with Gasteiger partial charge in [-0.05, 0) is 24.0 Å². The minimum absolute atomic E-state index is 0.0714. The molecule has 0 aliphatic carbocycles. The van der Waals surface area contributed by atoms with Gasteiger partial charge in [-0.1, -0.05) is 59.7 Å². The summed E-state index contributed by atoms with van der Waals surface area (Å²) in [5.74, 6) is 1.30. The van der Waals surface area contributed by atoms with Crippen molar-refractivity contribution in [2.45, 2.75) is 31.9 Å². The Kier molecular flexibility index (Phi) is 12.9. The van der Waals surface area contributed by atoms with Crippen LogP contribution in [0.5, 0.6) is 0 Å². The van der Waals surface area contributed by atoms with E-state index < -0.39 is 0 Å². The summed E-state index contributed by atoms with van der Waals surface area (Å²) in [5, 5.41) is 3.29. The molecule has 0 saturated carbocycles. The van der Waals surface area contributed by atoms with Crippen LogP contribution in [0.4, 0.5) is 0 Å². The second-order valence-electron chi connectivity index (χ2n) is 6.15. The van der Waals surface area contributed by atoms with Crippen LogP contribution in [0.15, 0.2) is 24.3 Å². The van der Waals surface area contributed by atoms with E-state index in [1.165, 1.54) is 11.1 Å². The molecule has 0 aliphatic rings. The summed E-state index contributed by atoms with van der Waals surface area (Å²) in [4.78, 5) is 11.7. The van der Waals surface area contributed by atoms with Gasteiger partial charge in [-0.2, -0.15) is 0 Å². The van der Waals surface area contributed by atoms with Crippen LogP contribution in [0.3, 0.4) is 0 Å². The highest BCUT2D eigenvalue weighted by Gasteiger charge is 2.13. The van der Waals surface area contributed by atoms with Crippen LogP contribution >= 0.6 is 21.6 Å². The van der Waals surface area contributed by atoms with Crippen molar-refractivity contribution in [3.63, 3.8) is 0 Å². The molecule has 5 nitrogen and oxygen atoms in total. The Balaban J connectivity index is 2.12. The number of rotatable bonds is 14. The van der Waals surface area contributed by atoms with Crippen molar-refractivity contribution < 1.29 is 14.3 Å². The van der Waals surface area contributed by atoms with Gasteiger partial charge in [-0.25, -0.2) is 0 Å². The van der Waals surface area contributed by atoms with Crippen molar-refractivity contribution in [1.29, 1.82) is 0 Å². The van der Waals surface area contributed by atoms with Crippen LogP contribution < -0.4 is 11.1 Å². The smallest absolute Gasteiger partial charge is 0.246 e. The summed E-state index contributed by atoms with van der Waals surface area (Å²) in [6.07, 6.45) is 0. The Labute approximate surface area is 165 Å². The van der Waals surface area contributed by atoms with Crippen LogP contribution in [-0.2, 0) is 14.3 Å². The third-order valence-electron chi connectivity index (χ3n) is 3.64. The maximum atomic E-state index is 11.7. The predicted octanol–water partition coefficient (Wildman–Crippen LogP) is 3.36. The summed E-state index contributed by atoms with van der Waals surface area (Å²) in [5.41, 5.74) is 8.12. The van der Waals surface area contributed by atoms with Crippen molar-refractivity contribution >= 4 is 27.5 Å². The van der Waals surface area contributed by atoms with Crippen molar-refractivity contribution in [2.24, 2.45) is 5.73 Å². The summed E-state index contributed by atoms with van der Waals surface area (Å²) < 4.78 is 10.4. The van der Waals surface area contributed by atoms with E-state index in [0.717, 1.165) is 5.75 Å². The summed E-state index contributed by atoms with van der Waals surface area (Å²) in [6, 6.07) is 8.63. The second kappa shape index (κ2) is 14.3. The SMILES string of the molecule is CC(C)c1ccccc1C(C)SSCCNC(=O)COCCOCCN. The van der Waals surface area contributed by atoms with Crippen molar-refractivity contribution in [3.05, 3.63) is 35.4 Å². The van der Waals surface area contributed by atoms with E-state index in [4.69, 9.17) is 15.2 Å². The lowest BCUT2D eigenvalue weighted by atomic mass is 9.96. The molecule has 0 saturated heterocycles. The number of carbonyl (C=O) groups excluding carboxylic acids is 1. The van der Waals surface area contributed by atoms with Gasteiger partial charge in [0.1, 0.15) is 6.61 Å². The van der Waals surface area contributed by atoms with Crippen LogP contribution in [0.1, 0.15) is 43.1 Å². The Morgan fingerprint density at radius 3 is 2.50 bits per heavy atom. The van der Waals surface area contributed by atoms with E-state index >= 15 is 0 Å². The summed E-state index contributed by atoms with van der Waals surface area (Å²) in [7, 11) is 3.63. The molecule has 0 aromatic heterocycles. The van der Waals surface area contributed by atoms with Gasteiger partial charge in [-0.15, -0.1) is 0 Å². The zero-order valence-corrected chi connectivity index (χ0v) is 17.7. The minimum Gasteiger partial charge on any atom is -0.378 e. The number of nitrogens with two attached hydrogens (primary N) is 1. The highest BCUT2D eigenvalue weighted by atomic mass is 33.1. The first kappa shape index (κ1) is 23.3. The molecule has 26 heavy (non-hydrogen) atoms. The molecular formula is C19H32N2O3S2. The van der Waals surface area contributed by atoms with Crippen molar-refractivity contribution in [2.75, 3.05) is 45.3 Å². The predicted molar refractivity (Wildman–Crippen MR) is 113 cm³/mol. The number of amides is 1. The van der Waals surface area contributed by atoms with Crippen LogP contribution in [-0.4, -0.2) is 51.2 Å². The average molecular weight is 401 g/mol. The molecule has 0 spiro atoms. The van der Waals surface area contributed by atoms with Gasteiger partial charge < -0.3 is 20.5 Å². The lowest BCUT2D eigenvalue weighted by Gasteiger charge is -2.18. The monoisotopic (exact) mass is 400 g/mol. The van der Waals surface area contributed by atoms with Gasteiger partial charge in [-0.3, -0.25) is 4.79 Å². The highest BCUT2D eigenvalue weighted by Crippen LogP contribution is 2.40. The van der Waals surface area contributed by atoms with Crippen molar-refractivity contribution in [1.82, 2.24) is 5.32 Å². The lowest BCUT2D eigenvalue weighted by molar-refractivity contribution is -0.126. The molecule has 1 rings (SSSR count). The van der Waals surface area contributed by atoms with Gasteiger partial charge >= 0.3 is 0 Å². The lowest BCUT2D eigenvalue weighted by Crippen LogP contribution is -2.30. The van der Waals surface area contributed by atoms with Gasteiger partial charge in [0, 0.05) is 24.1 Å². The number of carbonyl (C=O) groups is 1. The Hall–Kier alpha value is -0.730. The second-order valence-corrected chi connectivity index (χ2v) is 8.98. The van der Waals surface area contributed by atoms with E-state index in [1.54, 1.807) is 10.8 Å². The third-order valence-corrected chi connectivity index (χ3v) is 6.47. The van der Waals surface area contributed by atoms with Crippen molar-refractivity contribution in [3.8, 4) is 0 Å². The fraction of sp³-hybridized carbons (Fsp3) is 0.632. The van der Waals surface area contributed by atoms with E-state index in [2.05, 4.69) is 50.4 Å². The molecule has 1 amide bonds. The standard InChI is InChI=1S/C19H32N2O3S2/c1-15(2)17-6-4-5-7-18(17)16(3)26-25-13-9-21-19(22)14-24-12-11-23-10-8-20/h4-7,15-16H,8-14,20H2,1-3H3,(H,21,22). The molecule has 0 bridgehead atoms. The molecule has 0 heterocycles. The van der Waals surface area contributed by atoms with Crippen LogP contribution in [0.25, 0.3) is 0 Å². The Morgan fingerprint density at radius 1 is 1.12 bits per heavy atom. The Morgan fingerprint density at radius 2 is 1.81 bits per heavy atom. The van der Waals surface area contributed by atoms with E-state index in [-0.39, 0.29) is 12.5 Å². The number of hydrogen-bond acceptors (Lipinski definition) is 6. The third kappa shape index (κ3) is 9.83. The highest BCUT2D eigenvalue weighted by molar-refractivity contribution is 8.76. The number of hydrogen-bond donors (Lipinski definition) is 2. The molecule has 1 aromatic rings. The average Bonchev–Trinajstić information content (AvgIpc) is 2.64. The Bertz CT molecular complexity index is 515. The van der Waals surface area contributed by atoms with E-state index in [0.29, 0.717) is 44.1 Å². The topological polar surface area (TPSA) is 73.6 Å². The fourth-order valence-corrected chi connectivity index (χ4v) is 4.63. The molecule has 0 radical (unpaired) electrons. The zero-order valence-electron chi connectivity index (χ0n) is 16.0. The largest absolute Gasteiger partial charge is 0.378 e. The first-order valence-corrected chi connectivity index (χ1v) is 11.4. The maximum absolute atomic E-state index is 11.7. The minimum atomic E-state index is -0.0902. The van der Waals surface area contributed by atoms with Crippen LogP contribution in [0, 0.1) is 0 Å². The normalized spacial score (nSPS) is 12.3. The summed E-state index contributed by atoms with van der Waals surface area (Å²) >= 11 is 0. The number of benzene rings is 1. The number of ether oxygens (including phenoxy) is 2. The first-order valence-electron chi connectivity index (χ1n) is 9.05. The fourth-order valence-electron chi connectivity index (χ4n) is 2.36. The van der Waals surface area contributed by atoms with E-state index in [1.807, 2.05) is 10.8 Å². The zero-order chi connectivity index (χ0) is 19.2. The van der Waals surface area contributed by atoms with Crippen LogP contribution in [0.2, 0.25) is 0 Å². The van der Waals surface area contributed by atoms with E-state index in [9.17, 15) is 4.79 Å². The maximum Gasteiger partial charge on any atom is 0.246 e. The molecule has 7 heteroatoms. The molecule has 1 unspecified atom stereocenters. The molecule has 3 N–H and O–H groups in total. The summed E-state index contributed by atoms with van der Waals surface area (Å²) in [6.45, 7) is 9.29. The molecular weight excluding hydrogens is 368 g/mol. The quantitative estimate of drug-likeness (QED) is 0.368. The molecule has 1 atom stereocenters. The van der Waals surface area contributed by atoms with Gasteiger partial charge in [0.05, 0.1) is 19.8 Å². The molecule has 0 aliphatic heterocycles. The molecule has 1 aromatic carbocycles. The molecule has 148 valence electrons. The first-order chi connectivity index (χ1) is 12.6. The number of nitrogens with one attached hydrogen (secondary N) is 1. The molecule has 0 fully saturated rings. The van der Waals surface area contributed by atoms with Gasteiger partial charge in [0.25, 0.3) is 0 Å². The van der Waals surface area contributed by atoms with Gasteiger partial charge in [0.2, 0.25) is 5.91 Å². The van der Waals surface area contributed by atoms with Gasteiger partial charge in [0.15, 0.2) is 0 Å².